The van der Waals surface area contributed by atoms with Gasteiger partial charge in [0, 0.05) is 12.6 Å². The molecule has 1 aliphatic rings. The number of ether oxygens (including phenoxy) is 4. The lowest BCUT2D eigenvalue weighted by Gasteiger charge is -2.29. The van der Waals surface area contributed by atoms with Crippen molar-refractivity contribution in [3.05, 3.63) is 60.3 Å². The minimum absolute atomic E-state index is 0.154. The molecule has 0 amide bonds. The van der Waals surface area contributed by atoms with Gasteiger partial charge in [0.2, 0.25) is 0 Å². The molecule has 0 radical (unpaired) electrons. The quantitative estimate of drug-likeness (QED) is 0.437. The van der Waals surface area contributed by atoms with E-state index in [9.17, 15) is 18.0 Å². The zero-order valence-electron chi connectivity index (χ0n) is 16.2. The first-order chi connectivity index (χ1) is 14.8. The van der Waals surface area contributed by atoms with E-state index >= 15 is 0 Å². The molecule has 164 valence electrons. The number of alkyl halides is 3. The maximum Gasteiger partial charge on any atom is 0.471 e. The second-order valence-corrected chi connectivity index (χ2v) is 6.52. The number of aromatic nitrogens is 2. The highest BCUT2D eigenvalue weighted by atomic mass is 19.4. The van der Waals surface area contributed by atoms with Crippen LogP contribution in [0, 0.1) is 11.3 Å². The molecule has 0 spiro atoms. The van der Waals surface area contributed by atoms with Gasteiger partial charge in [0.15, 0.2) is 6.61 Å². The first kappa shape index (κ1) is 22.0. The van der Waals surface area contributed by atoms with Gasteiger partial charge >= 0.3 is 17.9 Å². The summed E-state index contributed by atoms with van der Waals surface area (Å²) in [6.07, 6.45) is 0.526. The number of nitriles is 1. The Bertz CT molecular complexity index is 956. The van der Waals surface area contributed by atoms with Gasteiger partial charge in [-0.3, -0.25) is 4.68 Å². The Balaban J connectivity index is 1.52. The summed E-state index contributed by atoms with van der Waals surface area (Å²) in [5, 5.41) is 12.6. The van der Waals surface area contributed by atoms with Crippen molar-refractivity contribution in [1.82, 2.24) is 9.78 Å². The summed E-state index contributed by atoms with van der Waals surface area (Å²) >= 11 is 0. The van der Waals surface area contributed by atoms with E-state index < -0.39 is 24.5 Å². The molecule has 31 heavy (non-hydrogen) atoms. The number of nitrogens with zero attached hydrogens (tertiary/aromatic N) is 3. The summed E-state index contributed by atoms with van der Waals surface area (Å²) in [5.41, 5.74) is 1.06. The lowest BCUT2D eigenvalue weighted by atomic mass is 10.2. The van der Waals surface area contributed by atoms with Crippen molar-refractivity contribution < 1.29 is 36.9 Å². The SMILES string of the molecule is N#CCCCOC(=O)c1cnn(Cc2ccc(OCC3(C(F)(F)F)OC=CO3)cc2)c1. The molecular formula is C20H18F3N3O5. The summed E-state index contributed by atoms with van der Waals surface area (Å²) in [6.45, 7) is -0.396. The van der Waals surface area contributed by atoms with Crippen LogP contribution in [0.3, 0.4) is 0 Å². The van der Waals surface area contributed by atoms with E-state index in [-0.39, 0.29) is 17.9 Å². The minimum Gasteiger partial charge on any atom is -0.485 e. The van der Waals surface area contributed by atoms with Crippen molar-refractivity contribution in [3.63, 3.8) is 0 Å². The summed E-state index contributed by atoms with van der Waals surface area (Å²) in [6, 6.07) is 8.30. The van der Waals surface area contributed by atoms with Crippen LogP contribution in [0.4, 0.5) is 13.2 Å². The van der Waals surface area contributed by atoms with Crippen molar-refractivity contribution >= 4 is 5.97 Å². The van der Waals surface area contributed by atoms with E-state index in [4.69, 9.17) is 14.7 Å². The number of hydrogen-bond donors (Lipinski definition) is 0. The second kappa shape index (κ2) is 9.42. The van der Waals surface area contributed by atoms with Crippen LogP contribution in [0.1, 0.15) is 28.8 Å². The minimum atomic E-state index is -4.77. The number of esters is 1. The van der Waals surface area contributed by atoms with Gasteiger partial charge in [-0.1, -0.05) is 12.1 Å². The van der Waals surface area contributed by atoms with Crippen LogP contribution >= 0.6 is 0 Å². The Morgan fingerprint density at radius 3 is 2.58 bits per heavy atom. The molecule has 2 heterocycles. The monoisotopic (exact) mass is 437 g/mol. The van der Waals surface area contributed by atoms with Crippen molar-refractivity contribution in [2.45, 2.75) is 31.3 Å². The van der Waals surface area contributed by atoms with E-state index in [1.54, 1.807) is 12.1 Å². The number of carbonyl (C=O) groups is 1. The second-order valence-electron chi connectivity index (χ2n) is 6.52. The maximum atomic E-state index is 13.2. The van der Waals surface area contributed by atoms with Gasteiger partial charge in [-0.05, 0) is 24.1 Å². The molecule has 3 rings (SSSR count). The van der Waals surface area contributed by atoms with Crippen LogP contribution in [0.15, 0.2) is 49.2 Å². The van der Waals surface area contributed by atoms with Crippen LogP contribution in [0.25, 0.3) is 0 Å². The normalized spacial score (nSPS) is 14.4. The molecule has 1 aromatic carbocycles. The molecule has 1 aromatic heterocycles. The Morgan fingerprint density at radius 1 is 1.23 bits per heavy atom. The predicted octanol–water partition coefficient (Wildman–Crippen LogP) is 3.55. The predicted molar refractivity (Wildman–Crippen MR) is 98.5 cm³/mol. The lowest BCUT2D eigenvalue weighted by molar-refractivity contribution is -0.343. The molecule has 1 aliphatic heterocycles. The van der Waals surface area contributed by atoms with E-state index in [0.717, 1.165) is 18.1 Å². The lowest BCUT2D eigenvalue weighted by Crippen LogP contribution is -2.51. The van der Waals surface area contributed by atoms with Crippen molar-refractivity contribution in [2.24, 2.45) is 0 Å². The molecule has 2 aromatic rings. The highest BCUT2D eigenvalue weighted by molar-refractivity contribution is 5.88. The maximum absolute atomic E-state index is 13.2. The van der Waals surface area contributed by atoms with Gasteiger partial charge in [0.05, 0.1) is 31.0 Å². The van der Waals surface area contributed by atoms with Crippen LogP contribution in [0.5, 0.6) is 5.75 Å². The van der Waals surface area contributed by atoms with Crippen LogP contribution in [0.2, 0.25) is 0 Å². The molecule has 0 aliphatic carbocycles. The summed E-state index contributed by atoms with van der Waals surface area (Å²) < 4.78 is 60.4. The van der Waals surface area contributed by atoms with E-state index in [0.29, 0.717) is 19.4 Å². The fraction of sp³-hybridized carbons (Fsp3) is 0.350. The largest absolute Gasteiger partial charge is 0.485 e. The third-order valence-corrected chi connectivity index (χ3v) is 4.24. The molecule has 8 nitrogen and oxygen atoms in total. The molecule has 0 saturated heterocycles. The summed E-state index contributed by atoms with van der Waals surface area (Å²) in [5.74, 6) is -3.19. The van der Waals surface area contributed by atoms with Crippen LogP contribution in [-0.2, 0) is 20.8 Å². The molecule has 0 bridgehead atoms. The number of unbranched alkanes of at least 4 members (excludes halogenated alkanes) is 1. The van der Waals surface area contributed by atoms with Gasteiger partial charge in [-0.25, -0.2) is 4.79 Å². The fourth-order valence-electron chi connectivity index (χ4n) is 2.60. The fourth-order valence-corrected chi connectivity index (χ4v) is 2.60. The first-order valence-electron chi connectivity index (χ1n) is 9.19. The number of halogens is 3. The third kappa shape index (κ3) is 5.48. The van der Waals surface area contributed by atoms with Gasteiger partial charge in [-0.2, -0.15) is 23.5 Å². The van der Waals surface area contributed by atoms with E-state index in [1.807, 2.05) is 6.07 Å². The zero-order valence-corrected chi connectivity index (χ0v) is 16.2. The van der Waals surface area contributed by atoms with Crippen LogP contribution in [-0.4, -0.2) is 40.9 Å². The topological polar surface area (TPSA) is 95.6 Å². The van der Waals surface area contributed by atoms with Gasteiger partial charge in [-0.15, -0.1) is 0 Å². The number of benzene rings is 1. The van der Waals surface area contributed by atoms with Crippen molar-refractivity contribution in [2.75, 3.05) is 13.2 Å². The van der Waals surface area contributed by atoms with Gasteiger partial charge < -0.3 is 18.9 Å². The Morgan fingerprint density at radius 2 is 1.94 bits per heavy atom. The van der Waals surface area contributed by atoms with Crippen molar-refractivity contribution in [1.29, 1.82) is 5.26 Å². The molecule has 0 saturated carbocycles. The number of carbonyl (C=O) groups excluding carboxylic acids is 1. The number of rotatable bonds is 9. The molecule has 0 unspecified atom stereocenters. The van der Waals surface area contributed by atoms with Crippen LogP contribution < -0.4 is 4.74 Å². The van der Waals surface area contributed by atoms with E-state index in [2.05, 4.69) is 14.6 Å². The first-order valence-corrected chi connectivity index (χ1v) is 9.19. The molecule has 11 heteroatoms. The standard InChI is InChI=1S/C20H18F3N3O5/c21-20(22,23)19(30-9-10-31-19)14-29-17-5-3-15(4-6-17)12-26-13-16(11-25-26)18(27)28-8-2-1-7-24/h3-6,9-11,13H,1-2,8,12,14H2. The summed E-state index contributed by atoms with van der Waals surface area (Å²) in [4.78, 5) is 11.9. The molecular weight excluding hydrogens is 419 g/mol. The highest BCUT2D eigenvalue weighted by Gasteiger charge is 2.62. The summed E-state index contributed by atoms with van der Waals surface area (Å²) in [7, 11) is 0. The van der Waals surface area contributed by atoms with E-state index in [1.165, 1.54) is 29.2 Å². The van der Waals surface area contributed by atoms with Gasteiger partial charge in [0.1, 0.15) is 18.3 Å². The average molecular weight is 437 g/mol. The number of hydrogen-bond acceptors (Lipinski definition) is 7. The molecule has 0 atom stereocenters. The highest BCUT2D eigenvalue weighted by Crippen LogP contribution is 2.38. The van der Waals surface area contributed by atoms with Crippen molar-refractivity contribution in [3.8, 4) is 11.8 Å². The Kier molecular flexibility index (Phi) is 6.69. The molecule has 0 N–H and O–H groups in total. The Hall–Kier alpha value is -3.68. The third-order valence-electron chi connectivity index (χ3n) is 4.24. The molecule has 0 fully saturated rings. The Labute approximate surface area is 175 Å². The average Bonchev–Trinajstić information content (AvgIpc) is 3.41. The van der Waals surface area contributed by atoms with Gasteiger partial charge in [0.25, 0.3) is 0 Å². The zero-order chi connectivity index (χ0) is 22.3. The smallest absolute Gasteiger partial charge is 0.471 e.